The van der Waals surface area contributed by atoms with Crippen molar-refractivity contribution in [2.75, 3.05) is 24.9 Å². The zero-order valence-corrected chi connectivity index (χ0v) is 40.7. The van der Waals surface area contributed by atoms with Gasteiger partial charge in [-0.1, -0.05) is 180 Å². The molecule has 0 aliphatic rings. The Morgan fingerprint density at radius 1 is 0.471 bits per heavy atom. The molecule has 8 aromatic rings. The van der Waals surface area contributed by atoms with Crippen LogP contribution in [0.15, 0.2) is 223 Å². The highest BCUT2D eigenvalue weighted by atomic mass is 79.9. The van der Waals surface area contributed by atoms with Gasteiger partial charge in [0.15, 0.2) is 0 Å². The van der Waals surface area contributed by atoms with Crippen LogP contribution in [0.1, 0.15) is 22.3 Å². The Labute approximate surface area is 419 Å². The van der Waals surface area contributed by atoms with Crippen LogP contribution in [0.5, 0.6) is 11.5 Å². The minimum Gasteiger partial charge on any atom is -0.489 e. The first kappa shape index (κ1) is 51.8. The topological polar surface area (TPSA) is 136 Å². The molecule has 0 saturated carbocycles. The first-order valence-electron chi connectivity index (χ1n) is 22.7. The second kappa shape index (κ2) is 28.0. The van der Waals surface area contributed by atoms with Crippen LogP contribution < -0.4 is 25.6 Å². The highest BCUT2D eigenvalue weighted by molar-refractivity contribution is 9.10. The van der Waals surface area contributed by atoms with Gasteiger partial charge < -0.3 is 39.6 Å². The molecule has 0 aliphatic carbocycles. The standard InChI is InChI=1S/C29H27NO3.C16H16BrNO2.C13H13BO3/c1-32-29(31)28(19-22-9-4-2-5-10-22)30-26-14-8-13-25(20-26)24-15-17-27(18-16-24)33-21-23-11-6-3-7-12-23;1-20-16(19)15(10-12-6-3-2-4-7-12)18-14-9-5-8-13(17)11-14;15-14(16)12-6-8-13(9-7-12)17-10-11-4-2-1-3-5-11/h2-18,20,28,30H,19,21H2,1H3;2-9,11,15,18H,10H2,1H3;1-9,15-16H,10H2. The van der Waals surface area contributed by atoms with Gasteiger partial charge in [-0.15, -0.1) is 0 Å². The summed E-state index contributed by atoms with van der Waals surface area (Å²) >= 11 is 3.42. The average Bonchev–Trinajstić information content (AvgIpc) is 3.41. The van der Waals surface area contributed by atoms with Crippen LogP contribution >= 0.6 is 15.9 Å². The fourth-order valence-corrected chi connectivity index (χ4v) is 7.50. The lowest BCUT2D eigenvalue weighted by Gasteiger charge is -2.18. The maximum absolute atomic E-state index is 12.4. The fourth-order valence-electron chi connectivity index (χ4n) is 7.10. The van der Waals surface area contributed by atoms with Crippen molar-refractivity contribution in [2.45, 2.75) is 38.1 Å². The van der Waals surface area contributed by atoms with Gasteiger partial charge in [0.25, 0.3) is 0 Å². The van der Waals surface area contributed by atoms with Gasteiger partial charge in [-0.2, -0.15) is 0 Å². The molecule has 2 atom stereocenters. The molecule has 0 spiro atoms. The van der Waals surface area contributed by atoms with Crippen molar-refractivity contribution in [3.63, 3.8) is 0 Å². The van der Waals surface area contributed by atoms with Crippen molar-refractivity contribution < 1.29 is 38.6 Å². The lowest BCUT2D eigenvalue weighted by Crippen LogP contribution is -2.32. The zero-order chi connectivity index (χ0) is 49.3. The van der Waals surface area contributed by atoms with Gasteiger partial charge in [-0.3, -0.25) is 0 Å². The first-order chi connectivity index (χ1) is 34.1. The highest BCUT2D eigenvalue weighted by Gasteiger charge is 2.21. The largest absolute Gasteiger partial charge is 0.489 e. The van der Waals surface area contributed by atoms with Gasteiger partial charge in [-0.25, -0.2) is 9.59 Å². The molecule has 0 fully saturated rings. The monoisotopic (exact) mass is 998 g/mol. The van der Waals surface area contributed by atoms with E-state index < -0.39 is 19.2 Å². The summed E-state index contributed by atoms with van der Waals surface area (Å²) < 4.78 is 22.3. The number of hydrogen-bond acceptors (Lipinski definition) is 10. The predicted molar refractivity (Wildman–Crippen MR) is 283 cm³/mol. The summed E-state index contributed by atoms with van der Waals surface area (Å²) in [7, 11) is 1.39. The van der Waals surface area contributed by atoms with Gasteiger partial charge in [0.05, 0.1) is 14.2 Å². The van der Waals surface area contributed by atoms with Crippen molar-refractivity contribution in [3.05, 3.63) is 245 Å². The van der Waals surface area contributed by atoms with Gasteiger partial charge in [-0.05, 0) is 93.4 Å². The highest BCUT2D eigenvalue weighted by Crippen LogP contribution is 2.26. The minimum atomic E-state index is -1.43. The van der Waals surface area contributed by atoms with Gasteiger partial charge in [0.2, 0.25) is 0 Å². The molecule has 0 bridgehead atoms. The first-order valence-corrected chi connectivity index (χ1v) is 23.5. The van der Waals surface area contributed by atoms with E-state index in [0.29, 0.717) is 37.3 Å². The number of nitrogens with one attached hydrogen (secondary N) is 2. The van der Waals surface area contributed by atoms with Crippen molar-refractivity contribution in [1.29, 1.82) is 0 Å². The number of rotatable bonds is 18. The van der Waals surface area contributed by atoms with E-state index >= 15 is 0 Å². The van der Waals surface area contributed by atoms with E-state index in [-0.39, 0.29) is 11.9 Å². The third-order valence-corrected chi connectivity index (χ3v) is 11.3. The third kappa shape index (κ3) is 17.5. The molecular formula is C58H56BBrN2O8. The van der Waals surface area contributed by atoms with Crippen LogP contribution in [0.2, 0.25) is 0 Å². The Morgan fingerprint density at radius 3 is 1.29 bits per heavy atom. The molecule has 0 saturated heterocycles. The van der Waals surface area contributed by atoms with Crippen LogP contribution in [-0.2, 0) is 45.1 Å². The Hall–Kier alpha value is -7.64. The SMILES string of the molecule is COC(=O)C(Cc1ccccc1)Nc1cccc(-c2ccc(OCc3ccccc3)cc2)c1.COC(=O)C(Cc1ccccc1)Nc1cccc(Br)c1.OB(O)c1ccc(OCc2ccccc2)cc1. The van der Waals surface area contributed by atoms with Gasteiger partial charge in [0, 0.05) is 28.7 Å². The molecule has 8 rings (SSSR count). The van der Waals surface area contributed by atoms with E-state index in [9.17, 15) is 9.59 Å². The summed E-state index contributed by atoms with van der Waals surface area (Å²) in [5.41, 5.74) is 8.72. The van der Waals surface area contributed by atoms with Crippen molar-refractivity contribution in [1.82, 2.24) is 0 Å². The van der Waals surface area contributed by atoms with Crippen LogP contribution in [0.4, 0.5) is 11.4 Å². The number of hydrogen-bond donors (Lipinski definition) is 4. The molecular weight excluding hydrogens is 943 g/mol. The summed E-state index contributed by atoms with van der Waals surface area (Å²) in [6, 6.07) is 69.4. The van der Waals surface area contributed by atoms with E-state index in [2.05, 4.69) is 32.6 Å². The summed E-state index contributed by atoms with van der Waals surface area (Å²) in [6.45, 7) is 1.04. The van der Waals surface area contributed by atoms with Gasteiger partial charge in [0.1, 0.15) is 36.8 Å². The maximum atomic E-state index is 12.4. The van der Waals surface area contributed by atoms with Crippen LogP contribution in [0.3, 0.4) is 0 Å². The Bertz CT molecular complexity index is 2770. The van der Waals surface area contributed by atoms with Gasteiger partial charge >= 0.3 is 19.1 Å². The third-order valence-electron chi connectivity index (χ3n) is 10.8. The number of ether oxygens (including phenoxy) is 4. The lowest BCUT2D eigenvalue weighted by molar-refractivity contribution is -0.142. The molecule has 4 N–H and O–H groups in total. The summed E-state index contributed by atoms with van der Waals surface area (Å²) in [4.78, 5) is 24.3. The second-order valence-electron chi connectivity index (χ2n) is 15.9. The van der Waals surface area contributed by atoms with E-state index in [1.54, 1.807) is 24.3 Å². The number of halogens is 1. The molecule has 8 aromatic carbocycles. The fraction of sp³-hybridized carbons (Fsp3) is 0.138. The Kier molecular flexibility index (Phi) is 20.7. The normalized spacial score (nSPS) is 11.2. The molecule has 0 amide bonds. The predicted octanol–water partition coefficient (Wildman–Crippen LogP) is 10.7. The smallest absolute Gasteiger partial charge is 0.488 e. The molecule has 70 heavy (non-hydrogen) atoms. The molecule has 10 nitrogen and oxygen atoms in total. The average molecular weight is 1000 g/mol. The molecule has 0 radical (unpaired) electrons. The molecule has 0 aliphatic heterocycles. The summed E-state index contributed by atoms with van der Waals surface area (Å²) in [5, 5.41) is 24.4. The number of anilines is 2. The molecule has 356 valence electrons. The van der Waals surface area contributed by atoms with Crippen molar-refractivity contribution in [3.8, 4) is 22.6 Å². The van der Waals surface area contributed by atoms with Crippen molar-refractivity contribution in [2.24, 2.45) is 0 Å². The molecule has 2 unspecified atom stereocenters. The van der Waals surface area contributed by atoms with Crippen LogP contribution in [0.25, 0.3) is 11.1 Å². The molecule has 12 heteroatoms. The second-order valence-corrected chi connectivity index (χ2v) is 16.8. The van der Waals surface area contributed by atoms with E-state index in [1.807, 2.05) is 188 Å². The van der Waals surface area contributed by atoms with Crippen molar-refractivity contribution >= 4 is 51.8 Å². The van der Waals surface area contributed by atoms with E-state index in [4.69, 9.17) is 29.0 Å². The number of methoxy groups -OCH3 is 2. The molecule has 0 heterocycles. The number of carbonyl (C=O) groups is 2. The Balaban J connectivity index is 0.000000186. The van der Waals surface area contributed by atoms with E-state index in [0.717, 1.165) is 55.0 Å². The van der Waals surface area contributed by atoms with E-state index in [1.165, 1.54) is 14.2 Å². The quantitative estimate of drug-likeness (QED) is 0.0486. The number of esters is 2. The van der Waals surface area contributed by atoms with Crippen LogP contribution in [0, 0.1) is 0 Å². The summed E-state index contributed by atoms with van der Waals surface area (Å²) in [5.74, 6) is 0.974. The number of benzene rings is 8. The minimum absolute atomic E-state index is 0.270. The number of carbonyl (C=O) groups excluding carboxylic acids is 2. The summed E-state index contributed by atoms with van der Waals surface area (Å²) in [6.07, 6.45) is 1.13. The maximum Gasteiger partial charge on any atom is 0.488 e. The molecule has 0 aromatic heterocycles. The zero-order valence-electron chi connectivity index (χ0n) is 39.1. The lowest BCUT2D eigenvalue weighted by atomic mass is 9.80. The Morgan fingerprint density at radius 2 is 0.871 bits per heavy atom. The van der Waals surface area contributed by atoms with Crippen LogP contribution in [-0.4, -0.2) is 55.4 Å².